The molecule has 176 valence electrons. The number of aromatic amines is 1. The Morgan fingerprint density at radius 3 is 2.79 bits per heavy atom. The van der Waals surface area contributed by atoms with Crippen molar-refractivity contribution in [1.82, 2.24) is 30.6 Å². The Kier molecular flexibility index (Phi) is 8.11. The number of hydrogen-bond acceptors (Lipinski definition) is 9. The van der Waals surface area contributed by atoms with Crippen LogP contribution in [-0.4, -0.2) is 54.8 Å². The number of H-pyrrole nitrogens is 1. The van der Waals surface area contributed by atoms with Gasteiger partial charge < -0.3 is 20.9 Å². The lowest BCUT2D eigenvalue weighted by Crippen LogP contribution is -2.25. The molecule has 0 saturated heterocycles. The molecule has 0 aliphatic carbocycles. The summed E-state index contributed by atoms with van der Waals surface area (Å²) in [5.74, 6) is 1.14. The summed E-state index contributed by atoms with van der Waals surface area (Å²) in [4.78, 5) is 20.1. The molecule has 0 saturated carbocycles. The van der Waals surface area contributed by atoms with Crippen molar-refractivity contribution < 1.29 is 14.6 Å². The molecule has 3 rings (SSSR count). The lowest BCUT2D eigenvalue weighted by atomic mass is 9.99. The SMILES string of the molecule is CCCCC(CC(=O)O)Nc1nc(N)nc(C)c1Cc1cc(Cc2nn[nH]n2)ccc1OC. The van der Waals surface area contributed by atoms with Gasteiger partial charge in [0.25, 0.3) is 0 Å². The number of carbonyl (C=O) groups is 1. The lowest BCUT2D eigenvalue weighted by molar-refractivity contribution is -0.137. The van der Waals surface area contributed by atoms with Gasteiger partial charge in [0, 0.05) is 30.1 Å². The molecule has 11 nitrogen and oxygen atoms in total. The fraction of sp³-hybridized carbons (Fsp3) is 0.455. The molecule has 0 aliphatic rings. The third-order valence-electron chi connectivity index (χ3n) is 5.36. The standard InChI is InChI=1S/C22H30N8O3/c1-4-5-6-16(12-20(31)32)25-21-17(13(2)24-22(23)26-21)11-15-9-14(7-8-18(15)33-3)10-19-27-29-30-28-19/h7-9,16H,4-6,10-12H2,1-3H3,(H,31,32)(H3,23,24,25,26)(H,27,28,29,30). The van der Waals surface area contributed by atoms with Crippen LogP contribution in [0.25, 0.3) is 0 Å². The van der Waals surface area contributed by atoms with Gasteiger partial charge >= 0.3 is 5.97 Å². The van der Waals surface area contributed by atoms with E-state index >= 15 is 0 Å². The van der Waals surface area contributed by atoms with Crippen molar-refractivity contribution in [2.45, 2.75) is 58.4 Å². The van der Waals surface area contributed by atoms with Gasteiger partial charge in [-0.3, -0.25) is 4.79 Å². The number of nitrogens with one attached hydrogen (secondary N) is 2. The number of nitrogens with zero attached hydrogens (tertiary/aromatic N) is 5. The number of carboxylic acid groups (broad SMARTS) is 1. The summed E-state index contributed by atoms with van der Waals surface area (Å²) in [6.07, 6.45) is 3.59. The topological polar surface area (TPSA) is 165 Å². The van der Waals surface area contributed by atoms with Crippen molar-refractivity contribution in [2.75, 3.05) is 18.2 Å². The number of aryl methyl sites for hydroxylation is 1. The average molecular weight is 455 g/mol. The molecule has 2 heterocycles. The fourth-order valence-electron chi connectivity index (χ4n) is 3.74. The van der Waals surface area contributed by atoms with Crippen LogP contribution in [0.1, 0.15) is 60.8 Å². The summed E-state index contributed by atoms with van der Waals surface area (Å²) in [6.45, 7) is 3.94. The molecule has 3 aromatic rings. The van der Waals surface area contributed by atoms with Crippen LogP contribution >= 0.6 is 0 Å². The van der Waals surface area contributed by atoms with Crippen LogP contribution in [0.5, 0.6) is 5.75 Å². The monoisotopic (exact) mass is 454 g/mol. The second-order valence-corrected chi connectivity index (χ2v) is 7.90. The first-order valence-electron chi connectivity index (χ1n) is 10.9. The highest BCUT2D eigenvalue weighted by Gasteiger charge is 2.19. The largest absolute Gasteiger partial charge is 0.496 e. The third-order valence-corrected chi connectivity index (χ3v) is 5.36. The summed E-state index contributed by atoms with van der Waals surface area (Å²) in [6, 6.07) is 5.62. The number of anilines is 2. The average Bonchev–Trinajstić information content (AvgIpc) is 3.27. The molecule has 5 N–H and O–H groups in total. The number of carboxylic acids is 1. The maximum absolute atomic E-state index is 11.4. The van der Waals surface area contributed by atoms with E-state index in [4.69, 9.17) is 10.5 Å². The number of benzene rings is 1. The van der Waals surface area contributed by atoms with Crippen LogP contribution in [0.2, 0.25) is 0 Å². The summed E-state index contributed by atoms with van der Waals surface area (Å²) in [5.41, 5.74) is 9.42. The van der Waals surface area contributed by atoms with E-state index in [1.807, 2.05) is 25.1 Å². The lowest BCUT2D eigenvalue weighted by Gasteiger charge is -2.21. The van der Waals surface area contributed by atoms with E-state index in [0.717, 1.165) is 41.0 Å². The number of aliphatic carboxylic acids is 1. The number of ether oxygens (including phenoxy) is 1. The van der Waals surface area contributed by atoms with Crippen molar-refractivity contribution >= 4 is 17.7 Å². The minimum absolute atomic E-state index is 0.00803. The predicted molar refractivity (Wildman–Crippen MR) is 123 cm³/mol. The third kappa shape index (κ3) is 6.61. The number of nitrogen functional groups attached to an aromatic ring is 1. The molecule has 1 atom stereocenters. The molecule has 11 heteroatoms. The van der Waals surface area contributed by atoms with E-state index in [-0.39, 0.29) is 18.4 Å². The van der Waals surface area contributed by atoms with Crippen LogP contribution in [0.4, 0.5) is 11.8 Å². The minimum atomic E-state index is -0.861. The van der Waals surface area contributed by atoms with E-state index < -0.39 is 5.97 Å². The summed E-state index contributed by atoms with van der Waals surface area (Å²) in [7, 11) is 1.62. The molecule has 0 spiro atoms. The molecule has 0 bridgehead atoms. The molecular formula is C22H30N8O3. The Bertz CT molecular complexity index is 1070. The van der Waals surface area contributed by atoms with E-state index in [1.54, 1.807) is 7.11 Å². The van der Waals surface area contributed by atoms with E-state index in [0.29, 0.717) is 30.9 Å². The second-order valence-electron chi connectivity index (χ2n) is 7.90. The number of hydrogen-bond donors (Lipinski definition) is 4. The van der Waals surface area contributed by atoms with Crippen molar-refractivity contribution in [2.24, 2.45) is 0 Å². The predicted octanol–water partition coefficient (Wildman–Crippen LogP) is 2.52. The molecule has 0 radical (unpaired) electrons. The van der Waals surface area contributed by atoms with Crippen LogP contribution in [-0.2, 0) is 17.6 Å². The van der Waals surface area contributed by atoms with Gasteiger partial charge in [-0.25, -0.2) is 4.98 Å². The number of tetrazole rings is 1. The molecule has 0 amide bonds. The normalized spacial score (nSPS) is 11.8. The Hall–Kier alpha value is -3.76. The minimum Gasteiger partial charge on any atom is -0.496 e. The molecule has 2 aromatic heterocycles. The highest BCUT2D eigenvalue weighted by Crippen LogP contribution is 2.29. The van der Waals surface area contributed by atoms with E-state index in [2.05, 4.69) is 42.8 Å². The van der Waals surface area contributed by atoms with Gasteiger partial charge in [0.15, 0.2) is 5.82 Å². The summed E-state index contributed by atoms with van der Waals surface area (Å²) >= 11 is 0. The maximum Gasteiger partial charge on any atom is 0.305 e. The summed E-state index contributed by atoms with van der Waals surface area (Å²) in [5, 5.41) is 26.8. The molecular weight excluding hydrogens is 424 g/mol. The van der Waals surface area contributed by atoms with Gasteiger partial charge in [-0.15, -0.1) is 10.2 Å². The quantitative estimate of drug-likeness (QED) is 0.319. The molecule has 0 fully saturated rings. The van der Waals surface area contributed by atoms with Crippen LogP contribution < -0.4 is 15.8 Å². The fourth-order valence-corrected chi connectivity index (χ4v) is 3.74. The smallest absolute Gasteiger partial charge is 0.305 e. The molecule has 1 unspecified atom stereocenters. The Labute approximate surface area is 192 Å². The van der Waals surface area contributed by atoms with Crippen LogP contribution in [0.3, 0.4) is 0 Å². The van der Waals surface area contributed by atoms with Gasteiger partial charge in [0.05, 0.1) is 13.5 Å². The summed E-state index contributed by atoms with van der Waals surface area (Å²) < 4.78 is 5.58. The number of rotatable bonds is 12. The van der Waals surface area contributed by atoms with Gasteiger partial charge in [0.1, 0.15) is 11.6 Å². The van der Waals surface area contributed by atoms with Crippen molar-refractivity contribution in [3.05, 3.63) is 46.4 Å². The van der Waals surface area contributed by atoms with Gasteiger partial charge in [0.2, 0.25) is 5.95 Å². The highest BCUT2D eigenvalue weighted by molar-refractivity contribution is 5.68. The molecule has 1 aromatic carbocycles. The van der Waals surface area contributed by atoms with Crippen LogP contribution in [0, 0.1) is 6.92 Å². The Morgan fingerprint density at radius 2 is 2.12 bits per heavy atom. The van der Waals surface area contributed by atoms with Crippen molar-refractivity contribution in [1.29, 1.82) is 0 Å². The number of nitrogens with two attached hydrogens (primary N) is 1. The van der Waals surface area contributed by atoms with Crippen LogP contribution in [0.15, 0.2) is 18.2 Å². The highest BCUT2D eigenvalue weighted by atomic mass is 16.5. The van der Waals surface area contributed by atoms with Gasteiger partial charge in [-0.1, -0.05) is 37.1 Å². The van der Waals surface area contributed by atoms with Gasteiger partial charge in [-0.05, 0) is 30.5 Å². The Balaban J connectivity index is 1.93. The van der Waals surface area contributed by atoms with E-state index in [1.165, 1.54) is 0 Å². The number of unbranched alkanes of at least 4 members (excludes halogenated alkanes) is 1. The zero-order chi connectivity index (χ0) is 23.8. The maximum atomic E-state index is 11.4. The Morgan fingerprint density at radius 1 is 1.30 bits per heavy atom. The zero-order valence-corrected chi connectivity index (χ0v) is 19.1. The van der Waals surface area contributed by atoms with Crippen molar-refractivity contribution in [3.63, 3.8) is 0 Å². The van der Waals surface area contributed by atoms with Gasteiger partial charge in [-0.2, -0.15) is 10.2 Å². The first-order chi connectivity index (χ1) is 15.9. The second kappa shape index (κ2) is 11.2. The number of aromatic nitrogens is 6. The molecule has 0 aliphatic heterocycles. The molecule has 33 heavy (non-hydrogen) atoms. The zero-order valence-electron chi connectivity index (χ0n) is 19.1. The van der Waals surface area contributed by atoms with Crippen molar-refractivity contribution in [3.8, 4) is 5.75 Å². The first-order valence-corrected chi connectivity index (χ1v) is 10.9. The first kappa shape index (κ1) is 23.9. The number of methoxy groups -OCH3 is 1. The van der Waals surface area contributed by atoms with E-state index in [9.17, 15) is 9.90 Å².